The molecule has 1 unspecified atom stereocenters. The predicted octanol–water partition coefficient (Wildman–Crippen LogP) is 4.49. The van der Waals surface area contributed by atoms with Gasteiger partial charge in [-0.25, -0.2) is 4.39 Å². The number of hydrogen-bond acceptors (Lipinski definition) is 2. The molecule has 0 aromatic heterocycles. The average molecular weight is 307 g/mol. The summed E-state index contributed by atoms with van der Waals surface area (Å²) in [6.45, 7) is 0.754. The van der Waals surface area contributed by atoms with Crippen molar-refractivity contribution in [1.29, 1.82) is 0 Å². The summed E-state index contributed by atoms with van der Waals surface area (Å²) in [5, 5.41) is -0.525. The van der Waals surface area contributed by atoms with Gasteiger partial charge in [0.1, 0.15) is 17.3 Å². The molecule has 0 saturated carbocycles. The fourth-order valence-corrected chi connectivity index (χ4v) is 2.87. The van der Waals surface area contributed by atoms with E-state index < -0.39 is 5.38 Å². The van der Waals surface area contributed by atoms with Crippen LogP contribution in [0.2, 0.25) is 0 Å². The van der Waals surface area contributed by atoms with E-state index >= 15 is 0 Å². The quantitative estimate of drug-likeness (QED) is 0.778. The van der Waals surface area contributed by atoms with E-state index in [9.17, 15) is 4.39 Å². The van der Waals surface area contributed by atoms with E-state index in [1.54, 1.807) is 12.1 Å². The number of halogens is 2. The molecule has 0 N–H and O–H groups in total. The molecule has 0 radical (unpaired) electrons. The second kappa shape index (κ2) is 5.94. The highest BCUT2D eigenvalue weighted by atomic mass is 35.5. The molecule has 0 saturated heterocycles. The van der Waals surface area contributed by atoms with Gasteiger partial charge in [-0.2, -0.15) is 0 Å². The molecule has 2 nitrogen and oxygen atoms in total. The molecule has 0 bridgehead atoms. The van der Waals surface area contributed by atoms with Crippen LogP contribution in [0.3, 0.4) is 0 Å². The van der Waals surface area contributed by atoms with E-state index in [4.69, 9.17) is 21.1 Å². The van der Waals surface area contributed by atoms with Crippen molar-refractivity contribution in [2.45, 2.75) is 18.2 Å². The van der Waals surface area contributed by atoms with Crippen molar-refractivity contribution in [1.82, 2.24) is 0 Å². The molecule has 110 valence electrons. The first-order valence-corrected chi connectivity index (χ1v) is 7.36. The third-order valence-corrected chi connectivity index (χ3v) is 4.19. The minimum absolute atomic E-state index is 0.358. The first-order valence-electron chi connectivity index (χ1n) is 6.92. The minimum atomic E-state index is -0.525. The van der Waals surface area contributed by atoms with E-state index in [0.29, 0.717) is 11.3 Å². The monoisotopic (exact) mass is 306 g/mol. The molecular formula is C17H16ClFO2. The minimum Gasteiger partial charge on any atom is -0.497 e. The molecule has 0 amide bonds. The van der Waals surface area contributed by atoms with Crippen LogP contribution in [0.5, 0.6) is 11.5 Å². The smallest absolute Gasteiger partial charge is 0.131 e. The number of benzene rings is 2. The number of alkyl halides is 1. The number of rotatable bonds is 3. The van der Waals surface area contributed by atoms with Gasteiger partial charge in [0.05, 0.1) is 19.1 Å². The summed E-state index contributed by atoms with van der Waals surface area (Å²) in [4.78, 5) is 0. The molecule has 1 aliphatic heterocycles. The molecule has 21 heavy (non-hydrogen) atoms. The van der Waals surface area contributed by atoms with Crippen LogP contribution in [0, 0.1) is 5.82 Å². The number of aryl methyl sites for hydroxylation is 1. The van der Waals surface area contributed by atoms with Crippen molar-refractivity contribution in [3.05, 3.63) is 58.9 Å². The number of hydrogen-bond donors (Lipinski definition) is 0. The SMILES string of the molecule is COc1ccc(C(Cl)c2ccc3c(c2)CCCO3)c(F)c1. The summed E-state index contributed by atoms with van der Waals surface area (Å²) < 4.78 is 24.7. The van der Waals surface area contributed by atoms with Crippen molar-refractivity contribution in [3.63, 3.8) is 0 Å². The van der Waals surface area contributed by atoms with Crippen LogP contribution < -0.4 is 9.47 Å². The van der Waals surface area contributed by atoms with E-state index in [-0.39, 0.29) is 5.82 Å². The van der Waals surface area contributed by atoms with Crippen molar-refractivity contribution in [3.8, 4) is 11.5 Å². The molecular weight excluding hydrogens is 291 g/mol. The maximum atomic E-state index is 14.1. The Morgan fingerprint density at radius 1 is 1.24 bits per heavy atom. The van der Waals surface area contributed by atoms with E-state index in [1.165, 1.54) is 13.2 Å². The molecule has 4 heteroatoms. The highest BCUT2D eigenvalue weighted by Crippen LogP contribution is 2.35. The Hall–Kier alpha value is -1.74. The lowest BCUT2D eigenvalue weighted by Gasteiger charge is -2.19. The van der Waals surface area contributed by atoms with Gasteiger partial charge in [0.2, 0.25) is 0 Å². The van der Waals surface area contributed by atoms with E-state index in [2.05, 4.69) is 0 Å². The highest BCUT2D eigenvalue weighted by Gasteiger charge is 2.18. The summed E-state index contributed by atoms with van der Waals surface area (Å²) in [6, 6.07) is 10.6. The van der Waals surface area contributed by atoms with Crippen molar-refractivity contribution in [2.24, 2.45) is 0 Å². The molecule has 2 aromatic rings. The van der Waals surface area contributed by atoms with Crippen LogP contribution in [0.1, 0.15) is 28.5 Å². The molecule has 1 heterocycles. The third kappa shape index (κ3) is 2.84. The normalized spacial score (nSPS) is 15.0. The third-order valence-electron chi connectivity index (χ3n) is 3.71. The fraction of sp³-hybridized carbons (Fsp3) is 0.294. The lowest BCUT2D eigenvalue weighted by Crippen LogP contribution is -2.09. The largest absolute Gasteiger partial charge is 0.497 e. The van der Waals surface area contributed by atoms with Crippen LogP contribution in [0.25, 0.3) is 0 Å². The zero-order valence-electron chi connectivity index (χ0n) is 11.7. The predicted molar refractivity (Wildman–Crippen MR) is 80.9 cm³/mol. The van der Waals surface area contributed by atoms with Gasteiger partial charge in [-0.15, -0.1) is 11.6 Å². The Labute approximate surface area is 128 Å². The molecule has 0 spiro atoms. The molecule has 3 rings (SSSR count). The molecule has 2 aromatic carbocycles. The lowest BCUT2D eigenvalue weighted by atomic mass is 9.98. The Morgan fingerprint density at radius 3 is 2.86 bits per heavy atom. The maximum absolute atomic E-state index is 14.1. The second-order valence-corrected chi connectivity index (χ2v) is 5.51. The van der Waals surface area contributed by atoms with Gasteiger partial charge in [0.25, 0.3) is 0 Å². The summed E-state index contributed by atoms with van der Waals surface area (Å²) >= 11 is 6.45. The van der Waals surface area contributed by atoms with Crippen LogP contribution in [-0.4, -0.2) is 13.7 Å². The lowest BCUT2D eigenvalue weighted by molar-refractivity contribution is 0.288. The number of ether oxygens (including phenoxy) is 2. The highest BCUT2D eigenvalue weighted by molar-refractivity contribution is 6.22. The Balaban J connectivity index is 1.93. The van der Waals surface area contributed by atoms with E-state index in [1.807, 2.05) is 18.2 Å². The summed E-state index contributed by atoms with van der Waals surface area (Å²) in [7, 11) is 1.51. The zero-order valence-corrected chi connectivity index (χ0v) is 12.5. The topological polar surface area (TPSA) is 18.5 Å². The number of fused-ring (bicyclic) bond motifs is 1. The standard InChI is InChI=1S/C17H16ClFO2/c1-20-13-5-6-14(15(19)10-13)17(18)12-4-7-16-11(9-12)3-2-8-21-16/h4-7,9-10,17H,2-3,8H2,1H3. The zero-order chi connectivity index (χ0) is 14.8. The van der Waals surface area contributed by atoms with Crippen LogP contribution in [0.4, 0.5) is 4.39 Å². The number of methoxy groups -OCH3 is 1. The molecule has 0 fully saturated rings. The summed E-state index contributed by atoms with van der Waals surface area (Å²) in [5.41, 5.74) is 2.47. The summed E-state index contributed by atoms with van der Waals surface area (Å²) in [5.74, 6) is 1.03. The van der Waals surface area contributed by atoms with Gasteiger partial charge in [0.15, 0.2) is 0 Å². The Morgan fingerprint density at radius 2 is 2.10 bits per heavy atom. The van der Waals surface area contributed by atoms with Gasteiger partial charge in [-0.3, -0.25) is 0 Å². The van der Waals surface area contributed by atoms with Crippen LogP contribution in [-0.2, 0) is 6.42 Å². The van der Waals surface area contributed by atoms with E-state index in [0.717, 1.165) is 36.3 Å². The Kier molecular flexibility index (Phi) is 4.02. The van der Waals surface area contributed by atoms with Gasteiger partial charge in [-0.05, 0) is 36.1 Å². The van der Waals surface area contributed by atoms with Gasteiger partial charge in [0, 0.05) is 11.6 Å². The molecule has 0 aliphatic carbocycles. The second-order valence-electron chi connectivity index (χ2n) is 5.07. The van der Waals surface area contributed by atoms with Crippen molar-refractivity contribution >= 4 is 11.6 Å². The first-order chi connectivity index (χ1) is 10.2. The Bertz CT molecular complexity index is 657. The molecule has 1 aliphatic rings. The van der Waals surface area contributed by atoms with Crippen molar-refractivity contribution < 1.29 is 13.9 Å². The van der Waals surface area contributed by atoms with Gasteiger partial charge < -0.3 is 9.47 Å². The average Bonchev–Trinajstić information content (AvgIpc) is 2.53. The van der Waals surface area contributed by atoms with Gasteiger partial charge in [-0.1, -0.05) is 18.2 Å². The van der Waals surface area contributed by atoms with Crippen molar-refractivity contribution in [2.75, 3.05) is 13.7 Å². The van der Waals surface area contributed by atoms with Gasteiger partial charge >= 0.3 is 0 Å². The molecule has 1 atom stereocenters. The maximum Gasteiger partial charge on any atom is 0.131 e. The van der Waals surface area contributed by atoms with Crippen LogP contribution in [0.15, 0.2) is 36.4 Å². The first kappa shape index (κ1) is 14.2. The fourth-order valence-electron chi connectivity index (χ4n) is 2.56. The van der Waals surface area contributed by atoms with Crippen LogP contribution >= 0.6 is 11.6 Å². The summed E-state index contributed by atoms with van der Waals surface area (Å²) in [6.07, 6.45) is 1.97.